The number of allylic oxidation sites excluding steroid dienone is 1. The number of hydrogen-bond donors (Lipinski definition) is 1. The molecule has 0 atom stereocenters. The molecule has 0 fully saturated rings. The molecule has 0 saturated carbocycles. The van der Waals surface area contributed by atoms with Crippen LogP contribution in [0.2, 0.25) is 0 Å². The van der Waals surface area contributed by atoms with Crippen molar-refractivity contribution in [1.29, 1.82) is 0 Å². The molecule has 16 heavy (non-hydrogen) atoms. The van der Waals surface area contributed by atoms with Crippen LogP contribution in [0.25, 0.3) is 6.08 Å². The monoisotopic (exact) mass is 230 g/mol. The number of phenols is 1. The van der Waals surface area contributed by atoms with Crippen LogP contribution in [0, 0.1) is 0 Å². The lowest BCUT2D eigenvalue weighted by Gasteiger charge is -1.94. The zero-order valence-corrected chi connectivity index (χ0v) is 9.28. The van der Waals surface area contributed by atoms with Gasteiger partial charge in [-0.1, -0.05) is 24.3 Å². The van der Waals surface area contributed by atoms with E-state index in [-0.39, 0.29) is 11.5 Å². The zero-order valence-electron chi connectivity index (χ0n) is 8.46. The SMILES string of the molecule is O=C(/C=C/c1cccc(O)c1)c1cccs1. The van der Waals surface area contributed by atoms with Crippen LogP contribution in [0.5, 0.6) is 5.75 Å². The predicted molar refractivity (Wildman–Crippen MR) is 65.8 cm³/mol. The fourth-order valence-corrected chi connectivity index (χ4v) is 1.95. The second-order valence-corrected chi connectivity index (χ2v) is 4.22. The van der Waals surface area contributed by atoms with Crippen molar-refractivity contribution < 1.29 is 9.90 Å². The third-order valence-electron chi connectivity index (χ3n) is 2.06. The van der Waals surface area contributed by atoms with Gasteiger partial charge in [0.1, 0.15) is 5.75 Å². The smallest absolute Gasteiger partial charge is 0.195 e. The summed E-state index contributed by atoms with van der Waals surface area (Å²) in [6.07, 6.45) is 3.21. The second-order valence-electron chi connectivity index (χ2n) is 3.27. The standard InChI is InChI=1S/C13H10O2S/c14-11-4-1-3-10(9-11)6-7-12(15)13-5-2-8-16-13/h1-9,14H/b7-6+. The first-order valence-corrected chi connectivity index (χ1v) is 5.68. The molecule has 2 nitrogen and oxygen atoms in total. The minimum absolute atomic E-state index is 0.0154. The van der Waals surface area contributed by atoms with Gasteiger partial charge in [0.15, 0.2) is 5.78 Å². The average Bonchev–Trinajstić information content (AvgIpc) is 2.79. The number of thiophene rings is 1. The molecule has 0 amide bonds. The summed E-state index contributed by atoms with van der Waals surface area (Å²) in [5.74, 6) is 0.184. The van der Waals surface area contributed by atoms with E-state index >= 15 is 0 Å². The fourth-order valence-electron chi connectivity index (χ4n) is 1.30. The molecular weight excluding hydrogens is 220 g/mol. The molecule has 2 rings (SSSR count). The van der Waals surface area contributed by atoms with E-state index in [1.54, 1.807) is 30.3 Å². The molecule has 2 aromatic rings. The summed E-state index contributed by atoms with van der Waals surface area (Å²) in [4.78, 5) is 12.3. The molecule has 0 radical (unpaired) electrons. The van der Waals surface area contributed by atoms with E-state index in [1.165, 1.54) is 17.4 Å². The molecule has 0 spiro atoms. The second kappa shape index (κ2) is 4.77. The summed E-state index contributed by atoms with van der Waals surface area (Å²) in [6.45, 7) is 0. The Kier molecular flexibility index (Phi) is 3.17. The van der Waals surface area contributed by atoms with E-state index in [0.29, 0.717) is 0 Å². The number of carbonyl (C=O) groups is 1. The van der Waals surface area contributed by atoms with Gasteiger partial charge in [-0.3, -0.25) is 4.79 Å². The van der Waals surface area contributed by atoms with Crippen LogP contribution in [0.4, 0.5) is 0 Å². The highest BCUT2D eigenvalue weighted by Gasteiger charge is 2.01. The minimum atomic E-state index is -0.0154. The Morgan fingerprint density at radius 2 is 2.12 bits per heavy atom. The minimum Gasteiger partial charge on any atom is -0.508 e. The highest BCUT2D eigenvalue weighted by Crippen LogP contribution is 2.14. The third-order valence-corrected chi connectivity index (χ3v) is 2.95. The first-order valence-electron chi connectivity index (χ1n) is 4.80. The maximum Gasteiger partial charge on any atom is 0.195 e. The Balaban J connectivity index is 2.13. The normalized spacial score (nSPS) is 10.8. The fraction of sp³-hybridized carbons (Fsp3) is 0. The zero-order chi connectivity index (χ0) is 11.4. The summed E-state index contributed by atoms with van der Waals surface area (Å²) in [5.41, 5.74) is 0.810. The van der Waals surface area contributed by atoms with Crippen LogP contribution in [0.15, 0.2) is 47.9 Å². The quantitative estimate of drug-likeness (QED) is 0.648. The number of phenolic OH excluding ortho intramolecular Hbond substituents is 1. The molecule has 0 aliphatic carbocycles. The van der Waals surface area contributed by atoms with Crippen molar-refractivity contribution in [1.82, 2.24) is 0 Å². The van der Waals surface area contributed by atoms with Crippen molar-refractivity contribution >= 4 is 23.2 Å². The molecular formula is C13H10O2S. The van der Waals surface area contributed by atoms with Crippen molar-refractivity contribution in [3.05, 3.63) is 58.3 Å². The van der Waals surface area contributed by atoms with Gasteiger partial charge >= 0.3 is 0 Å². The van der Waals surface area contributed by atoms with Crippen LogP contribution in [0.3, 0.4) is 0 Å². The molecule has 0 aliphatic rings. The van der Waals surface area contributed by atoms with Crippen molar-refractivity contribution in [2.75, 3.05) is 0 Å². The van der Waals surface area contributed by atoms with Gasteiger partial charge in [0.25, 0.3) is 0 Å². The Morgan fingerprint density at radius 3 is 2.81 bits per heavy atom. The van der Waals surface area contributed by atoms with Crippen LogP contribution in [-0.2, 0) is 0 Å². The lowest BCUT2D eigenvalue weighted by atomic mass is 10.2. The Morgan fingerprint density at radius 1 is 1.25 bits per heavy atom. The van der Waals surface area contributed by atoms with E-state index in [4.69, 9.17) is 0 Å². The van der Waals surface area contributed by atoms with Gasteiger partial charge in [-0.2, -0.15) is 0 Å². The van der Waals surface area contributed by atoms with Gasteiger partial charge < -0.3 is 5.11 Å². The number of carbonyl (C=O) groups excluding carboxylic acids is 1. The van der Waals surface area contributed by atoms with Gasteiger partial charge in [0.2, 0.25) is 0 Å². The van der Waals surface area contributed by atoms with Crippen LogP contribution >= 0.6 is 11.3 Å². The molecule has 3 heteroatoms. The number of ketones is 1. The van der Waals surface area contributed by atoms with Crippen molar-refractivity contribution in [3.63, 3.8) is 0 Å². The van der Waals surface area contributed by atoms with Gasteiger partial charge in [-0.15, -0.1) is 11.3 Å². The number of aromatic hydroxyl groups is 1. The van der Waals surface area contributed by atoms with Gasteiger partial charge in [0.05, 0.1) is 4.88 Å². The Bertz CT molecular complexity index is 512. The first kappa shape index (κ1) is 10.6. The predicted octanol–water partition coefficient (Wildman–Crippen LogP) is 3.35. The molecule has 1 N–H and O–H groups in total. The van der Waals surface area contributed by atoms with Crippen molar-refractivity contribution in [2.45, 2.75) is 0 Å². The molecule has 0 aliphatic heterocycles. The third kappa shape index (κ3) is 2.58. The van der Waals surface area contributed by atoms with E-state index < -0.39 is 0 Å². The highest BCUT2D eigenvalue weighted by molar-refractivity contribution is 7.12. The molecule has 0 bridgehead atoms. The van der Waals surface area contributed by atoms with E-state index in [2.05, 4.69) is 0 Å². The van der Waals surface area contributed by atoms with Gasteiger partial charge in [-0.25, -0.2) is 0 Å². The highest BCUT2D eigenvalue weighted by atomic mass is 32.1. The summed E-state index contributed by atoms with van der Waals surface area (Å²) in [7, 11) is 0. The summed E-state index contributed by atoms with van der Waals surface area (Å²) >= 11 is 1.42. The Labute approximate surface area is 97.5 Å². The number of hydrogen-bond acceptors (Lipinski definition) is 3. The molecule has 1 heterocycles. The molecule has 1 aromatic carbocycles. The summed E-state index contributed by atoms with van der Waals surface area (Å²) < 4.78 is 0. The lowest BCUT2D eigenvalue weighted by molar-refractivity contribution is 0.105. The van der Waals surface area contributed by atoms with Crippen molar-refractivity contribution in [3.8, 4) is 5.75 Å². The topological polar surface area (TPSA) is 37.3 Å². The van der Waals surface area contributed by atoms with Crippen LogP contribution in [-0.4, -0.2) is 10.9 Å². The van der Waals surface area contributed by atoms with E-state index in [9.17, 15) is 9.90 Å². The number of rotatable bonds is 3. The maximum absolute atomic E-state index is 11.6. The molecule has 80 valence electrons. The number of benzene rings is 1. The molecule has 1 aromatic heterocycles. The van der Waals surface area contributed by atoms with Crippen LogP contribution in [0.1, 0.15) is 15.2 Å². The molecule has 0 saturated heterocycles. The average molecular weight is 230 g/mol. The largest absolute Gasteiger partial charge is 0.508 e. The summed E-state index contributed by atoms with van der Waals surface area (Å²) in [6, 6.07) is 10.4. The Hall–Kier alpha value is -1.87. The van der Waals surface area contributed by atoms with Gasteiger partial charge in [-0.05, 0) is 35.2 Å². The molecule has 0 unspecified atom stereocenters. The lowest BCUT2D eigenvalue weighted by Crippen LogP contribution is -1.88. The van der Waals surface area contributed by atoms with Crippen molar-refractivity contribution in [2.24, 2.45) is 0 Å². The first-order chi connectivity index (χ1) is 7.75. The maximum atomic E-state index is 11.6. The summed E-state index contributed by atoms with van der Waals surface area (Å²) in [5, 5.41) is 11.1. The van der Waals surface area contributed by atoms with E-state index in [1.807, 2.05) is 17.5 Å². The van der Waals surface area contributed by atoms with Gasteiger partial charge in [0, 0.05) is 0 Å². The van der Waals surface area contributed by atoms with E-state index in [0.717, 1.165) is 10.4 Å². The van der Waals surface area contributed by atoms with Crippen LogP contribution < -0.4 is 0 Å².